The van der Waals surface area contributed by atoms with Gasteiger partial charge in [0.1, 0.15) is 6.04 Å². The molecule has 0 bridgehead atoms. The monoisotopic (exact) mass is 253 g/mol. The second-order valence-electron chi connectivity index (χ2n) is 4.20. The molecule has 1 heterocycles. The van der Waals surface area contributed by atoms with Crippen molar-refractivity contribution in [3.05, 3.63) is 17.9 Å². The van der Waals surface area contributed by atoms with Crippen LogP contribution in [0.2, 0.25) is 0 Å². The standard InChI is InChI=1S/C12H16FN3O2/c1-18-11-6-10(8(14)5-7(11)13)16-9-3-2-4-15-12(9)17/h5-6,9,16H,2-4,14H2,1H3,(H,15,17). The van der Waals surface area contributed by atoms with Gasteiger partial charge in [0.15, 0.2) is 11.6 Å². The number of nitrogens with two attached hydrogens (primary N) is 1. The first kappa shape index (κ1) is 12.5. The van der Waals surface area contributed by atoms with E-state index in [-0.39, 0.29) is 23.4 Å². The number of rotatable bonds is 3. The van der Waals surface area contributed by atoms with Crippen molar-refractivity contribution in [2.45, 2.75) is 18.9 Å². The van der Waals surface area contributed by atoms with Gasteiger partial charge < -0.3 is 21.1 Å². The van der Waals surface area contributed by atoms with Crippen molar-refractivity contribution < 1.29 is 13.9 Å². The molecule has 98 valence electrons. The quantitative estimate of drug-likeness (QED) is 0.705. The Morgan fingerprint density at radius 3 is 3.00 bits per heavy atom. The molecule has 1 saturated heterocycles. The van der Waals surface area contributed by atoms with Crippen molar-refractivity contribution in [1.29, 1.82) is 0 Å². The summed E-state index contributed by atoms with van der Waals surface area (Å²) in [6.07, 6.45) is 1.63. The van der Waals surface area contributed by atoms with Crippen LogP contribution in [0.4, 0.5) is 15.8 Å². The fraction of sp³-hybridized carbons (Fsp3) is 0.417. The van der Waals surface area contributed by atoms with Crippen molar-refractivity contribution in [3.8, 4) is 5.75 Å². The molecule has 1 aromatic carbocycles. The van der Waals surface area contributed by atoms with Gasteiger partial charge in [0.25, 0.3) is 0 Å². The summed E-state index contributed by atoms with van der Waals surface area (Å²) in [6.45, 7) is 0.694. The molecule has 0 aromatic heterocycles. The molecule has 2 rings (SSSR count). The van der Waals surface area contributed by atoms with E-state index in [0.29, 0.717) is 12.2 Å². The van der Waals surface area contributed by atoms with Crippen molar-refractivity contribution in [3.63, 3.8) is 0 Å². The molecule has 6 heteroatoms. The molecule has 1 amide bonds. The van der Waals surface area contributed by atoms with Crippen molar-refractivity contribution in [2.75, 3.05) is 24.7 Å². The molecule has 1 aromatic rings. The Bertz CT molecular complexity index is 465. The Morgan fingerprint density at radius 2 is 2.33 bits per heavy atom. The maximum absolute atomic E-state index is 13.4. The van der Waals surface area contributed by atoms with Crippen LogP contribution < -0.4 is 21.1 Å². The molecular formula is C12H16FN3O2. The maximum Gasteiger partial charge on any atom is 0.242 e. The smallest absolute Gasteiger partial charge is 0.242 e. The Kier molecular flexibility index (Phi) is 3.55. The molecule has 1 aliphatic rings. The maximum atomic E-state index is 13.4. The van der Waals surface area contributed by atoms with Crippen LogP contribution in [-0.2, 0) is 4.79 Å². The van der Waals surface area contributed by atoms with Crippen molar-refractivity contribution in [2.24, 2.45) is 0 Å². The second-order valence-corrected chi connectivity index (χ2v) is 4.20. The van der Waals surface area contributed by atoms with Gasteiger partial charge in [0.05, 0.1) is 18.5 Å². The fourth-order valence-corrected chi connectivity index (χ4v) is 1.95. The lowest BCUT2D eigenvalue weighted by atomic mass is 10.1. The third-order valence-corrected chi connectivity index (χ3v) is 2.94. The van der Waals surface area contributed by atoms with Crippen LogP contribution in [0, 0.1) is 5.82 Å². The van der Waals surface area contributed by atoms with E-state index >= 15 is 0 Å². The summed E-state index contributed by atoms with van der Waals surface area (Å²) < 4.78 is 18.3. The summed E-state index contributed by atoms with van der Waals surface area (Å²) in [4.78, 5) is 11.6. The zero-order valence-electron chi connectivity index (χ0n) is 10.1. The number of anilines is 2. The van der Waals surface area contributed by atoms with Crippen LogP contribution in [0.5, 0.6) is 5.75 Å². The van der Waals surface area contributed by atoms with Crippen LogP contribution in [0.3, 0.4) is 0 Å². The van der Waals surface area contributed by atoms with Crippen LogP contribution in [0.25, 0.3) is 0 Å². The normalized spacial score (nSPS) is 19.2. The summed E-state index contributed by atoms with van der Waals surface area (Å²) in [5.41, 5.74) is 6.48. The van der Waals surface area contributed by atoms with Crippen LogP contribution in [0.15, 0.2) is 12.1 Å². The summed E-state index contributed by atoms with van der Waals surface area (Å²) in [5, 5.41) is 5.78. The molecule has 4 N–H and O–H groups in total. The summed E-state index contributed by atoms with van der Waals surface area (Å²) >= 11 is 0. The lowest BCUT2D eigenvalue weighted by Gasteiger charge is -2.24. The summed E-state index contributed by atoms with van der Waals surface area (Å²) in [6, 6.07) is 2.31. The molecule has 0 spiro atoms. The Balaban J connectivity index is 2.20. The van der Waals surface area contributed by atoms with E-state index in [0.717, 1.165) is 12.8 Å². The molecule has 0 aliphatic carbocycles. The highest BCUT2D eigenvalue weighted by atomic mass is 19.1. The number of carbonyl (C=O) groups excluding carboxylic acids is 1. The highest BCUT2D eigenvalue weighted by molar-refractivity contribution is 5.86. The number of benzene rings is 1. The molecule has 1 fully saturated rings. The molecule has 18 heavy (non-hydrogen) atoms. The van der Waals surface area contributed by atoms with E-state index in [4.69, 9.17) is 10.5 Å². The van der Waals surface area contributed by atoms with Crippen molar-refractivity contribution >= 4 is 17.3 Å². The van der Waals surface area contributed by atoms with Gasteiger partial charge >= 0.3 is 0 Å². The number of halogens is 1. The predicted octanol–water partition coefficient (Wildman–Crippen LogP) is 1.11. The first-order valence-corrected chi connectivity index (χ1v) is 5.79. The Labute approximate surface area is 104 Å². The molecule has 0 saturated carbocycles. The minimum atomic E-state index is -0.520. The van der Waals surface area contributed by atoms with E-state index in [1.54, 1.807) is 0 Å². The number of piperidine rings is 1. The average Bonchev–Trinajstić information content (AvgIpc) is 2.35. The second kappa shape index (κ2) is 5.12. The number of amides is 1. The number of methoxy groups -OCH3 is 1. The Morgan fingerprint density at radius 1 is 1.56 bits per heavy atom. The zero-order chi connectivity index (χ0) is 13.1. The minimum absolute atomic E-state index is 0.0658. The first-order chi connectivity index (χ1) is 8.61. The summed E-state index contributed by atoms with van der Waals surface area (Å²) in [5.74, 6) is -0.486. The van der Waals surface area contributed by atoms with E-state index in [1.165, 1.54) is 19.2 Å². The van der Waals surface area contributed by atoms with Crippen LogP contribution in [-0.4, -0.2) is 25.6 Å². The van der Waals surface area contributed by atoms with Gasteiger partial charge in [-0.25, -0.2) is 4.39 Å². The van der Waals surface area contributed by atoms with Gasteiger partial charge in [0.2, 0.25) is 5.91 Å². The van der Waals surface area contributed by atoms with Crippen LogP contribution in [0.1, 0.15) is 12.8 Å². The van der Waals surface area contributed by atoms with E-state index in [9.17, 15) is 9.18 Å². The molecule has 1 unspecified atom stereocenters. The summed E-state index contributed by atoms with van der Waals surface area (Å²) in [7, 11) is 1.38. The van der Waals surface area contributed by atoms with Crippen molar-refractivity contribution in [1.82, 2.24) is 5.32 Å². The number of hydrogen-bond donors (Lipinski definition) is 3. The third-order valence-electron chi connectivity index (χ3n) is 2.94. The molecule has 1 aliphatic heterocycles. The van der Waals surface area contributed by atoms with E-state index in [1.807, 2.05) is 0 Å². The third kappa shape index (κ3) is 2.47. The number of ether oxygens (including phenoxy) is 1. The van der Waals surface area contributed by atoms with Gasteiger partial charge in [-0.3, -0.25) is 4.79 Å². The van der Waals surface area contributed by atoms with E-state index in [2.05, 4.69) is 10.6 Å². The molecular weight excluding hydrogens is 237 g/mol. The van der Waals surface area contributed by atoms with Gasteiger partial charge in [-0.15, -0.1) is 0 Å². The highest BCUT2D eigenvalue weighted by Gasteiger charge is 2.22. The average molecular weight is 253 g/mol. The van der Waals surface area contributed by atoms with Gasteiger partial charge in [-0.1, -0.05) is 0 Å². The van der Waals surface area contributed by atoms with Gasteiger partial charge in [-0.2, -0.15) is 0 Å². The Hall–Kier alpha value is -1.98. The van der Waals surface area contributed by atoms with E-state index < -0.39 is 5.82 Å². The number of hydrogen-bond acceptors (Lipinski definition) is 4. The SMILES string of the molecule is COc1cc(NC2CCCNC2=O)c(N)cc1F. The van der Waals surface area contributed by atoms with Crippen LogP contribution >= 0.6 is 0 Å². The topological polar surface area (TPSA) is 76.4 Å². The molecule has 1 atom stereocenters. The number of carbonyl (C=O) groups is 1. The number of nitrogens with one attached hydrogen (secondary N) is 2. The first-order valence-electron chi connectivity index (χ1n) is 5.79. The predicted molar refractivity (Wildman–Crippen MR) is 67.0 cm³/mol. The van der Waals surface area contributed by atoms with Gasteiger partial charge in [-0.05, 0) is 12.8 Å². The molecule has 5 nitrogen and oxygen atoms in total. The van der Waals surface area contributed by atoms with Gasteiger partial charge in [0, 0.05) is 18.7 Å². The number of nitrogen functional groups attached to an aromatic ring is 1. The lowest BCUT2D eigenvalue weighted by molar-refractivity contribution is -0.123. The largest absolute Gasteiger partial charge is 0.494 e. The lowest BCUT2D eigenvalue weighted by Crippen LogP contribution is -2.44. The highest BCUT2D eigenvalue weighted by Crippen LogP contribution is 2.29. The molecule has 0 radical (unpaired) electrons. The fourth-order valence-electron chi connectivity index (χ4n) is 1.95. The minimum Gasteiger partial charge on any atom is -0.494 e. The zero-order valence-corrected chi connectivity index (χ0v) is 10.1.